The highest BCUT2D eigenvalue weighted by atomic mass is 16.6. The topological polar surface area (TPSA) is 86.0 Å². The summed E-state index contributed by atoms with van der Waals surface area (Å²) in [6.45, 7) is 4.83. The van der Waals surface area contributed by atoms with Gasteiger partial charge in [0.15, 0.2) is 5.60 Å². The predicted octanol–water partition coefficient (Wildman–Crippen LogP) is 1.12. The van der Waals surface area contributed by atoms with Crippen molar-refractivity contribution in [1.82, 2.24) is 0 Å². The molecule has 1 aliphatic rings. The van der Waals surface area contributed by atoms with Crippen molar-refractivity contribution in [2.45, 2.75) is 38.9 Å². The molecule has 1 aromatic heterocycles. The molecule has 0 saturated carbocycles. The van der Waals surface area contributed by atoms with Crippen LogP contribution in [0.15, 0.2) is 15.3 Å². The van der Waals surface area contributed by atoms with Gasteiger partial charge >= 0.3 is 11.6 Å². The Bertz CT molecular complexity index is 586. The van der Waals surface area contributed by atoms with Gasteiger partial charge < -0.3 is 19.0 Å². The van der Waals surface area contributed by atoms with Crippen molar-refractivity contribution < 1.29 is 23.8 Å². The van der Waals surface area contributed by atoms with Gasteiger partial charge in [0.25, 0.3) is 0 Å². The van der Waals surface area contributed by atoms with Crippen molar-refractivity contribution in [3.63, 3.8) is 0 Å². The van der Waals surface area contributed by atoms with Gasteiger partial charge in [0.1, 0.15) is 17.6 Å². The number of carbonyl (C=O) groups is 1. The van der Waals surface area contributed by atoms with E-state index in [9.17, 15) is 14.7 Å². The van der Waals surface area contributed by atoms with Crippen LogP contribution in [-0.2, 0) is 15.1 Å². The Labute approximate surface area is 116 Å². The lowest BCUT2D eigenvalue weighted by atomic mass is 9.87. The lowest BCUT2D eigenvalue weighted by Gasteiger charge is -2.30. The molecule has 0 bridgehead atoms. The fourth-order valence-electron chi connectivity index (χ4n) is 2.48. The molecule has 0 radical (unpaired) electrons. The molecule has 1 fully saturated rings. The van der Waals surface area contributed by atoms with Crippen LogP contribution in [0.25, 0.3) is 0 Å². The number of carbonyl (C=O) groups excluding carboxylic acids is 1. The highest BCUT2D eigenvalue weighted by molar-refractivity contribution is 5.72. The van der Waals surface area contributed by atoms with Gasteiger partial charge in [-0.1, -0.05) is 6.92 Å². The first-order valence-corrected chi connectivity index (χ1v) is 6.38. The Kier molecular flexibility index (Phi) is 3.60. The second-order valence-corrected chi connectivity index (χ2v) is 5.33. The first-order chi connectivity index (χ1) is 9.27. The van der Waals surface area contributed by atoms with E-state index in [1.807, 2.05) is 0 Å². The lowest BCUT2D eigenvalue weighted by Crippen LogP contribution is -2.40. The molecule has 0 spiro atoms. The summed E-state index contributed by atoms with van der Waals surface area (Å²) in [5.41, 5.74) is -1.86. The van der Waals surface area contributed by atoms with E-state index in [2.05, 4.69) is 0 Å². The van der Waals surface area contributed by atoms with Gasteiger partial charge in [-0.3, -0.25) is 4.79 Å². The fourth-order valence-corrected chi connectivity index (χ4v) is 2.48. The van der Waals surface area contributed by atoms with Crippen LogP contribution in [-0.4, -0.2) is 24.3 Å². The van der Waals surface area contributed by atoms with Gasteiger partial charge in [-0.25, -0.2) is 4.79 Å². The highest BCUT2D eigenvalue weighted by Crippen LogP contribution is 2.37. The van der Waals surface area contributed by atoms with E-state index in [0.717, 1.165) is 0 Å². The summed E-state index contributed by atoms with van der Waals surface area (Å²) in [6.07, 6.45) is -0.529. The molecule has 0 aromatic carbocycles. The minimum absolute atomic E-state index is 0.0245. The Hall–Kier alpha value is -1.82. The SMILES string of the molecule is COc1cc([C@](C)(O)[C@H]2OC(=O)C[C@@H]2C)oc(=O)c1C. The average Bonchev–Trinajstić information content (AvgIpc) is 2.72. The standard InChI is InChI=1S/C14H18O6/c1-7-5-11(15)20-12(7)14(3,17)10-6-9(18-4)8(2)13(16)19-10/h6-7,12,17H,5H2,1-4H3/t7-,12-,14-/m0/s1. The molecule has 6 heteroatoms. The largest absolute Gasteiger partial charge is 0.496 e. The maximum atomic E-state index is 11.8. The van der Waals surface area contributed by atoms with Gasteiger partial charge in [0.2, 0.25) is 0 Å². The third kappa shape index (κ3) is 2.31. The maximum absolute atomic E-state index is 11.8. The van der Waals surface area contributed by atoms with Crippen LogP contribution in [0.1, 0.15) is 31.6 Å². The van der Waals surface area contributed by atoms with Crippen molar-refractivity contribution in [2.75, 3.05) is 7.11 Å². The molecule has 2 rings (SSSR count). The highest BCUT2D eigenvalue weighted by Gasteiger charge is 2.47. The average molecular weight is 282 g/mol. The molecule has 110 valence electrons. The summed E-state index contributed by atoms with van der Waals surface area (Å²) in [7, 11) is 1.43. The zero-order chi connectivity index (χ0) is 15.1. The predicted molar refractivity (Wildman–Crippen MR) is 69.5 cm³/mol. The summed E-state index contributed by atoms with van der Waals surface area (Å²) in [6, 6.07) is 1.45. The number of hydrogen-bond acceptors (Lipinski definition) is 6. The summed E-state index contributed by atoms with van der Waals surface area (Å²) in [4.78, 5) is 23.1. The van der Waals surface area contributed by atoms with Gasteiger partial charge in [-0.15, -0.1) is 0 Å². The third-order valence-corrected chi connectivity index (χ3v) is 3.68. The van der Waals surface area contributed by atoms with Crippen molar-refractivity contribution in [1.29, 1.82) is 0 Å². The molecule has 0 unspecified atom stereocenters. The zero-order valence-electron chi connectivity index (χ0n) is 11.9. The molecule has 1 aliphatic heterocycles. The molecule has 1 aromatic rings. The minimum Gasteiger partial charge on any atom is -0.496 e. The summed E-state index contributed by atoms with van der Waals surface area (Å²) in [5, 5.41) is 10.6. The molecule has 3 atom stereocenters. The fraction of sp³-hybridized carbons (Fsp3) is 0.571. The number of cyclic esters (lactones) is 1. The van der Waals surface area contributed by atoms with Crippen LogP contribution < -0.4 is 10.4 Å². The monoisotopic (exact) mass is 282 g/mol. The molecule has 6 nitrogen and oxygen atoms in total. The van der Waals surface area contributed by atoms with Gasteiger partial charge in [-0.05, 0) is 13.8 Å². The van der Waals surface area contributed by atoms with Crippen LogP contribution in [0.4, 0.5) is 0 Å². The van der Waals surface area contributed by atoms with Crippen molar-refractivity contribution in [2.24, 2.45) is 5.92 Å². The van der Waals surface area contributed by atoms with Crippen LogP contribution in [0, 0.1) is 12.8 Å². The first-order valence-electron chi connectivity index (χ1n) is 6.38. The Balaban J connectivity index is 2.46. The van der Waals surface area contributed by atoms with E-state index < -0.39 is 17.3 Å². The van der Waals surface area contributed by atoms with E-state index in [1.165, 1.54) is 20.1 Å². The van der Waals surface area contributed by atoms with E-state index in [0.29, 0.717) is 11.3 Å². The zero-order valence-corrected chi connectivity index (χ0v) is 11.9. The number of aliphatic hydroxyl groups is 1. The molecule has 1 saturated heterocycles. The molecule has 0 amide bonds. The first kappa shape index (κ1) is 14.6. The summed E-state index contributed by atoms with van der Waals surface area (Å²) < 4.78 is 15.4. The Morgan fingerprint density at radius 2 is 2.10 bits per heavy atom. The van der Waals surface area contributed by atoms with Crippen LogP contribution in [0.5, 0.6) is 5.75 Å². The molecule has 2 heterocycles. The molecular formula is C14H18O6. The van der Waals surface area contributed by atoms with E-state index >= 15 is 0 Å². The van der Waals surface area contributed by atoms with E-state index in [1.54, 1.807) is 13.8 Å². The molecule has 1 N–H and O–H groups in total. The number of rotatable bonds is 3. The number of esters is 1. The molecule has 20 heavy (non-hydrogen) atoms. The third-order valence-electron chi connectivity index (χ3n) is 3.68. The minimum atomic E-state index is -1.59. The van der Waals surface area contributed by atoms with Crippen LogP contribution >= 0.6 is 0 Å². The number of methoxy groups -OCH3 is 1. The number of ether oxygens (including phenoxy) is 2. The van der Waals surface area contributed by atoms with Gasteiger partial charge in [-0.2, -0.15) is 0 Å². The Morgan fingerprint density at radius 3 is 2.60 bits per heavy atom. The summed E-state index contributed by atoms with van der Waals surface area (Å²) in [5.74, 6) is -0.190. The lowest BCUT2D eigenvalue weighted by molar-refractivity contribution is -0.156. The quantitative estimate of drug-likeness (QED) is 0.836. The summed E-state index contributed by atoms with van der Waals surface area (Å²) >= 11 is 0. The smallest absolute Gasteiger partial charge is 0.342 e. The van der Waals surface area contributed by atoms with Crippen molar-refractivity contribution >= 4 is 5.97 Å². The van der Waals surface area contributed by atoms with E-state index in [4.69, 9.17) is 13.9 Å². The molecular weight excluding hydrogens is 264 g/mol. The second-order valence-electron chi connectivity index (χ2n) is 5.33. The van der Waals surface area contributed by atoms with Crippen molar-refractivity contribution in [3.8, 4) is 5.75 Å². The van der Waals surface area contributed by atoms with Gasteiger partial charge in [0, 0.05) is 12.0 Å². The van der Waals surface area contributed by atoms with Crippen molar-refractivity contribution in [3.05, 3.63) is 27.8 Å². The number of hydrogen-bond donors (Lipinski definition) is 1. The van der Waals surface area contributed by atoms with Crippen LogP contribution in [0.2, 0.25) is 0 Å². The van der Waals surface area contributed by atoms with Crippen LogP contribution in [0.3, 0.4) is 0 Å². The second kappa shape index (κ2) is 4.94. The Morgan fingerprint density at radius 1 is 1.45 bits per heavy atom. The van der Waals surface area contributed by atoms with E-state index in [-0.39, 0.29) is 24.1 Å². The maximum Gasteiger partial charge on any atom is 0.342 e. The molecule has 0 aliphatic carbocycles. The normalized spacial score (nSPS) is 25.1. The van der Waals surface area contributed by atoms with Gasteiger partial charge in [0.05, 0.1) is 19.1 Å².